The van der Waals surface area contributed by atoms with Crippen LogP contribution in [-0.4, -0.2) is 9.55 Å². The predicted octanol–water partition coefficient (Wildman–Crippen LogP) is 4.76. The molecule has 6 heteroatoms. The molecule has 2 nitrogen and oxygen atoms in total. The lowest BCUT2D eigenvalue weighted by Crippen LogP contribution is -2.06. The van der Waals surface area contributed by atoms with Crippen molar-refractivity contribution in [2.45, 2.75) is 12.4 Å². The van der Waals surface area contributed by atoms with Crippen LogP contribution in [0, 0.1) is 11.6 Å². The van der Waals surface area contributed by atoms with E-state index in [1.54, 1.807) is 22.8 Å². The molecule has 1 aromatic heterocycles. The van der Waals surface area contributed by atoms with Crippen LogP contribution in [0.2, 0.25) is 5.02 Å². The van der Waals surface area contributed by atoms with Crippen molar-refractivity contribution < 1.29 is 8.78 Å². The molecule has 0 unspecified atom stereocenters. The first-order valence-corrected chi connectivity index (χ1v) is 7.14. The van der Waals surface area contributed by atoms with Gasteiger partial charge in [0.25, 0.3) is 0 Å². The lowest BCUT2D eigenvalue weighted by Gasteiger charge is -2.09. The summed E-state index contributed by atoms with van der Waals surface area (Å²) in [4.78, 5) is 4.37. The Balaban J connectivity index is 2.13. The highest BCUT2D eigenvalue weighted by atomic mass is 35.5. The van der Waals surface area contributed by atoms with E-state index < -0.39 is 11.6 Å². The summed E-state index contributed by atoms with van der Waals surface area (Å²) < 4.78 is 28.9. The Bertz CT molecular complexity index is 815. The van der Waals surface area contributed by atoms with E-state index in [1.165, 1.54) is 6.07 Å². The number of aromatic nitrogens is 2. The molecular weight excluding hydrogens is 317 g/mol. The van der Waals surface area contributed by atoms with Gasteiger partial charge in [0.2, 0.25) is 0 Å². The summed E-state index contributed by atoms with van der Waals surface area (Å²) in [6.45, 7) is 0.157. The molecule has 3 rings (SSSR count). The number of benzene rings is 2. The summed E-state index contributed by atoms with van der Waals surface area (Å²) in [6, 6.07) is 8.61. The van der Waals surface area contributed by atoms with Crippen molar-refractivity contribution in [1.82, 2.24) is 9.55 Å². The molecule has 2 aromatic carbocycles. The van der Waals surface area contributed by atoms with Crippen molar-refractivity contribution in [2.24, 2.45) is 0 Å². The van der Waals surface area contributed by atoms with E-state index in [-0.39, 0.29) is 18.0 Å². The predicted molar refractivity (Wildman–Crippen MR) is 79.8 cm³/mol. The maximum Gasteiger partial charge on any atom is 0.128 e. The minimum atomic E-state index is -0.480. The number of hydrogen-bond acceptors (Lipinski definition) is 1. The molecule has 0 N–H and O–H groups in total. The van der Waals surface area contributed by atoms with Crippen molar-refractivity contribution >= 4 is 34.2 Å². The first-order chi connectivity index (χ1) is 10.1. The van der Waals surface area contributed by atoms with Crippen LogP contribution in [0.3, 0.4) is 0 Å². The van der Waals surface area contributed by atoms with E-state index in [2.05, 4.69) is 4.98 Å². The summed E-state index contributed by atoms with van der Waals surface area (Å²) >= 11 is 11.8. The fourth-order valence-electron chi connectivity index (χ4n) is 2.27. The minimum absolute atomic E-state index is 0.157. The molecule has 0 radical (unpaired) electrons. The zero-order valence-corrected chi connectivity index (χ0v) is 12.3. The number of halogens is 4. The molecule has 108 valence electrons. The van der Waals surface area contributed by atoms with Gasteiger partial charge in [-0.1, -0.05) is 11.6 Å². The smallest absolute Gasteiger partial charge is 0.128 e. The largest absolute Gasteiger partial charge is 0.322 e. The average molecular weight is 327 g/mol. The Labute approximate surface area is 129 Å². The van der Waals surface area contributed by atoms with Crippen LogP contribution >= 0.6 is 23.2 Å². The van der Waals surface area contributed by atoms with Gasteiger partial charge in [0.1, 0.15) is 17.5 Å². The zero-order chi connectivity index (χ0) is 15.0. The second-order valence-corrected chi connectivity index (χ2v) is 5.32. The van der Waals surface area contributed by atoms with E-state index in [1.807, 2.05) is 0 Å². The van der Waals surface area contributed by atoms with Gasteiger partial charge in [0, 0.05) is 10.6 Å². The van der Waals surface area contributed by atoms with Crippen LogP contribution < -0.4 is 0 Å². The summed E-state index contributed by atoms with van der Waals surface area (Å²) in [5.74, 6) is -0.194. The summed E-state index contributed by atoms with van der Waals surface area (Å²) in [5.41, 5.74) is 1.70. The lowest BCUT2D eigenvalue weighted by molar-refractivity contribution is 0.577. The van der Waals surface area contributed by atoms with Crippen molar-refractivity contribution in [3.05, 3.63) is 64.4 Å². The third kappa shape index (κ3) is 2.74. The number of nitrogens with zero attached hydrogens (tertiary/aromatic N) is 2. The Kier molecular flexibility index (Phi) is 3.83. The Morgan fingerprint density at radius 2 is 1.90 bits per heavy atom. The minimum Gasteiger partial charge on any atom is -0.322 e. The molecule has 0 spiro atoms. The van der Waals surface area contributed by atoms with Crippen molar-refractivity contribution in [2.75, 3.05) is 0 Å². The van der Waals surface area contributed by atoms with Gasteiger partial charge in [-0.2, -0.15) is 0 Å². The SMILES string of the molecule is Fc1ccc(F)c(Cn2c(CCl)nc3cc(Cl)ccc32)c1. The molecule has 0 bridgehead atoms. The van der Waals surface area contributed by atoms with Crippen LogP contribution in [0.5, 0.6) is 0 Å². The quantitative estimate of drug-likeness (QED) is 0.635. The van der Waals surface area contributed by atoms with Crippen LogP contribution in [0.25, 0.3) is 11.0 Å². The van der Waals surface area contributed by atoms with E-state index in [0.717, 1.165) is 17.6 Å². The number of hydrogen-bond donors (Lipinski definition) is 0. The number of fused-ring (bicyclic) bond motifs is 1. The summed E-state index contributed by atoms with van der Waals surface area (Å²) in [7, 11) is 0. The van der Waals surface area contributed by atoms with Crippen LogP contribution in [0.1, 0.15) is 11.4 Å². The highest BCUT2D eigenvalue weighted by Gasteiger charge is 2.13. The van der Waals surface area contributed by atoms with Gasteiger partial charge in [-0.25, -0.2) is 13.8 Å². The molecular formula is C15H10Cl2F2N2. The van der Waals surface area contributed by atoms with Gasteiger partial charge in [-0.05, 0) is 36.4 Å². The van der Waals surface area contributed by atoms with Gasteiger partial charge in [-0.15, -0.1) is 11.6 Å². The normalized spacial score (nSPS) is 11.2. The van der Waals surface area contributed by atoms with Crippen LogP contribution in [0.15, 0.2) is 36.4 Å². The third-order valence-corrected chi connectivity index (χ3v) is 3.72. The zero-order valence-electron chi connectivity index (χ0n) is 10.8. The highest BCUT2D eigenvalue weighted by molar-refractivity contribution is 6.31. The Morgan fingerprint density at radius 1 is 1.10 bits per heavy atom. The second kappa shape index (κ2) is 5.62. The standard InChI is InChI=1S/C15H10Cl2F2N2/c16-7-15-20-13-6-10(17)1-4-14(13)21(15)8-9-5-11(18)2-3-12(9)19/h1-6H,7-8H2. The summed E-state index contributed by atoms with van der Waals surface area (Å²) in [5, 5.41) is 0.560. The first-order valence-electron chi connectivity index (χ1n) is 6.23. The molecule has 0 aliphatic carbocycles. The fraction of sp³-hybridized carbons (Fsp3) is 0.133. The molecule has 0 aliphatic rings. The van der Waals surface area contributed by atoms with Crippen molar-refractivity contribution in [3.8, 4) is 0 Å². The van der Waals surface area contributed by atoms with Gasteiger partial charge in [0.05, 0.1) is 23.5 Å². The molecule has 0 aliphatic heterocycles. The maximum absolute atomic E-state index is 13.8. The lowest BCUT2D eigenvalue weighted by atomic mass is 10.2. The fourth-order valence-corrected chi connectivity index (χ4v) is 2.64. The Morgan fingerprint density at radius 3 is 2.67 bits per heavy atom. The number of imidazole rings is 1. The third-order valence-electron chi connectivity index (χ3n) is 3.25. The molecule has 0 saturated heterocycles. The van der Waals surface area contributed by atoms with E-state index in [9.17, 15) is 8.78 Å². The van der Waals surface area contributed by atoms with E-state index in [0.29, 0.717) is 16.4 Å². The molecule has 0 saturated carbocycles. The van der Waals surface area contributed by atoms with Crippen molar-refractivity contribution in [3.63, 3.8) is 0 Å². The first kappa shape index (κ1) is 14.3. The highest BCUT2D eigenvalue weighted by Crippen LogP contribution is 2.23. The monoisotopic (exact) mass is 326 g/mol. The molecule has 0 fully saturated rings. The van der Waals surface area contributed by atoms with Crippen LogP contribution in [-0.2, 0) is 12.4 Å². The topological polar surface area (TPSA) is 17.8 Å². The second-order valence-electron chi connectivity index (χ2n) is 4.62. The van der Waals surface area contributed by atoms with Gasteiger partial charge in [0.15, 0.2) is 0 Å². The molecule has 3 aromatic rings. The van der Waals surface area contributed by atoms with Gasteiger partial charge in [-0.3, -0.25) is 0 Å². The molecule has 0 amide bonds. The molecule has 1 heterocycles. The molecule has 0 atom stereocenters. The van der Waals surface area contributed by atoms with Gasteiger partial charge < -0.3 is 4.57 Å². The maximum atomic E-state index is 13.8. The van der Waals surface area contributed by atoms with Gasteiger partial charge >= 0.3 is 0 Å². The van der Waals surface area contributed by atoms with Crippen molar-refractivity contribution in [1.29, 1.82) is 0 Å². The number of alkyl halides is 1. The molecule has 21 heavy (non-hydrogen) atoms. The summed E-state index contributed by atoms with van der Waals surface area (Å²) in [6.07, 6.45) is 0. The van der Waals surface area contributed by atoms with E-state index in [4.69, 9.17) is 23.2 Å². The average Bonchev–Trinajstić information content (AvgIpc) is 2.80. The van der Waals surface area contributed by atoms with E-state index >= 15 is 0 Å². The Hall–Kier alpha value is -1.65. The number of rotatable bonds is 3. The van der Waals surface area contributed by atoms with Crippen LogP contribution in [0.4, 0.5) is 8.78 Å².